The van der Waals surface area contributed by atoms with Gasteiger partial charge < -0.3 is 26.3 Å². The SMILES string of the molecule is C1CSCCN1.C1CSCCN1.NC(=O)[O-].[Na+]. The van der Waals surface area contributed by atoms with E-state index < -0.39 is 6.09 Å². The first-order chi connectivity index (χ1) is 7.73. The van der Waals surface area contributed by atoms with Crippen LogP contribution in [0.5, 0.6) is 0 Å². The molecule has 2 saturated heterocycles. The Morgan fingerprint density at radius 1 is 0.941 bits per heavy atom. The van der Waals surface area contributed by atoms with Gasteiger partial charge in [-0.05, 0) is 0 Å². The largest absolute Gasteiger partial charge is 1.00 e. The number of carboxylic acid groups (broad SMARTS) is 1. The minimum atomic E-state index is -1.58. The second kappa shape index (κ2) is 16.9. The molecule has 0 bridgehead atoms. The molecular formula is C9H20N3NaO2S2. The van der Waals surface area contributed by atoms with Gasteiger partial charge in [0.05, 0.1) is 0 Å². The maximum Gasteiger partial charge on any atom is 1.00 e. The van der Waals surface area contributed by atoms with Crippen LogP contribution in [0.4, 0.5) is 4.79 Å². The van der Waals surface area contributed by atoms with Crippen LogP contribution in [0.2, 0.25) is 0 Å². The summed E-state index contributed by atoms with van der Waals surface area (Å²) in [6.45, 7) is 4.85. The van der Waals surface area contributed by atoms with Gasteiger partial charge in [0, 0.05) is 49.2 Å². The first-order valence-electron chi connectivity index (χ1n) is 5.27. The van der Waals surface area contributed by atoms with Crippen molar-refractivity contribution >= 4 is 29.6 Å². The van der Waals surface area contributed by atoms with Gasteiger partial charge >= 0.3 is 29.6 Å². The van der Waals surface area contributed by atoms with E-state index in [4.69, 9.17) is 9.90 Å². The number of carbonyl (C=O) groups is 1. The number of rotatable bonds is 0. The summed E-state index contributed by atoms with van der Waals surface area (Å²) < 4.78 is 0. The summed E-state index contributed by atoms with van der Waals surface area (Å²) in [5.41, 5.74) is 3.92. The van der Waals surface area contributed by atoms with Gasteiger partial charge in [-0.2, -0.15) is 23.5 Å². The predicted molar refractivity (Wildman–Crippen MR) is 70.0 cm³/mol. The van der Waals surface area contributed by atoms with E-state index in [9.17, 15) is 0 Å². The van der Waals surface area contributed by atoms with E-state index in [0.29, 0.717) is 0 Å². The van der Waals surface area contributed by atoms with Crippen molar-refractivity contribution in [2.24, 2.45) is 5.73 Å². The molecule has 2 fully saturated rings. The average molecular weight is 289 g/mol. The number of nitrogens with one attached hydrogen (secondary N) is 2. The van der Waals surface area contributed by atoms with Crippen molar-refractivity contribution in [2.75, 3.05) is 49.2 Å². The zero-order valence-electron chi connectivity index (χ0n) is 10.4. The third-order valence-corrected chi connectivity index (χ3v) is 3.66. The molecule has 0 aromatic rings. The Balaban J connectivity index is 0. The van der Waals surface area contributed by atoms with E-state index in [1.807, 2.05) is 23.5 Å². The van der Waals surface area contributed by atoms with E-state index >= 15 is 0 Å². The molecule has 0 aliphatic carbocycles. The third-order valence-electron chi connectivity index (χ3n) is 1.69. The quantitative estimate of drug-likeness (QED) is 0.393. The van der Waals surface area contributed by atoms with Crippen molar-refractivity contribution in [3.05, 3.63) is 0 Å². The van der Waals surface area contributed by atoms with Gasteiger partial charge in [-0.25, -0.2) is 0 Å². The summed E-state index contributed by atoms with van der Waals surface area (Å²) >= 11 is 4.06. The van der Waals surface area contributed by atoms with Crippen molar-refractivity contribution in [2.45, 2.75) is 0 Å². The number of hydrogen-bond acceptors (Lipinski definition) is 6. The maximum absolute atomic E-state index is 8.67. The molecule has 2 heterocycles. The molecule has 1 amide bonds. The molecule has 0 spiro atoms. The van der Waals surface area contributed by atoms with E-state index in [-0.39, 0.29) is 29.6 Å². The van der Waals surface area contributed by atoms with Crippen LogP contribution in [0.1, 0.15) is 0 Å². The van der Waals surface area contributed by atoms with Crippen molar-refractivity contribution in [3.8, 4) is 0 Å². The Morgan fingerprint density at radius 2 is 1.18 bits per heavy atom. The normalized spacial score (nSPS) is 18.4. The zero-order chi connectivity index (χ0) is 12.1. The monoisotopic (exact) mass is 289 g/mol. The second-order valence-electron chi connectivity index (χ2n) is 3.04. The number of amides is 1. The minimum Gasteiger partial charge on any atom is -0.530 e. The van der Waals surface area contributed by atoms with E-state index in [0.717, 1.165) is 0 Å². The standard InChI is InChI=1S/2C4H9NS.CH3NO2.Na/c2*1-3-6-4-2-5-1;2-1(3)4;/h2*5H,1-4H2;2H2,(H,3,4);/q;;;+1/p-1. The van der Waals surface area contributed by atoms with E-state index in [1.165, 1.54) is 49.2 Å². The fourth-order valence-electron chi connectivity index (χ4n) is 1.03. The fourth-order valence-corrected chi connectivity index (χ4v) is 2.59. The molecule has 0 atom stereocenters. The Morgan fingerprint density at radius 3 is 1.24 bits per heavy atom. The Hall–Kier alpha value is 0.890. The molecule has 0 aromatic heterocycles. The molecule has 2 aliphatic rings. The van der Waals surface area contributed by atoms with Crippen molar-refractivity contribution in [1.29, 1.82) is 0 Å². The van der Waals surface area contributed by atoms with Gasteiger partial charge in [0.2, 0.25) is 0 Å². The average Bonchev–Trinajstić information content (AvgIpc) is 2.34. The van der Waals surface area contributed by atoms with Gasteiger partial charge in [-0.15, -0.1) is 0 Å². The fraction of sp³-hybridized carbons (Fsp3) is 0.889. The summed E-state index contributed by atoms with van der Waals surface area (Å²) in [5.74, 6) is 5.22. The summed E-state index contributed by atoms with van der Waals surface area (Å²) in [7, 11) is 0. The summed E-state index contributed by atoms with van der Waals surface area (Å²) in [5, 5.41) is 15.2. The molecule has 0 unspecified atom stereocenters. The number of primary amides is 1. The molecule has 17 heavy (non-hydrogen) atoms. The van der Waals surface area contributed by atoms with E-state index in [1.54, 1.807) is 0 Å². The van der Waals surface area contributed by atoms with Crippen LogP contribution in [-0.4, -0.2) is 55.3 Å². The zero-order valence-corrected chi connectivity index (χ0v) is 14.0. The van der Waals surface area contributed by atoms with Gasteiger partial charge in [0.1, 0.15) is 6.09 Å². The van der Waals surface area contributed by atoms with Gasteiger partial charge in [-0.3, -0.25) is 0 Å². The van der Waals surface area contributed by atoms with Gasteiger partial charge in [0.15, 0.2) is 0 Å². The summed E-state index contributed by atoms with van der Waals surface area (Å²) in [4.78, 5) is 8.67. The Kier molecular flexibility index (Phi) is 20.1. The van der Waals surface area contributed by atoms with Crippen molar-refractivity contribution in [1.82, 2.24) is 10.6 Å². The number of nitrogens with two attached hydrogens (primary N) is 1. The van der Waals surface area contributed by atoms with Crippen LogP contribution < -0.4 is 51.0 Å². The van der Waals surface area contributed by atoms with Gasteiger partial charge in [0.25, 0.3) is 0 Å². The third kappa shape index (κ3) is 22.5. The molecule has 0 saturated carbocycles. The molecule has 2 rings (SSSR count). The molecule has 0 aromatic carbocycles. The smallest absolute Gasteiger partial charge is 0.530 e. The Bertz CT molecular complexity index is 131. The second-order valence-corrected chi connectivity index (χ2v) is 5.49. The number of carbonyl (C=O) groups excluding carboxylic acids is 1. The summed E-state index contributed by atoms with van der Waals surface area (Å²) in [6, 6.07) is 0. The van der Waals surface area contributed by atoms with E-state index in [2.05, 4.69) is 16.4 Å². The first kappa shape index (κ1) is 20.2. The van der Waals surface area contributed by atoms with Crippen LogP contribution >= 0.6 is 23.5 Å². The molecule has 2 aliphatic heterocycles. The molecule has 4 N–H and O–H groups in total. The van der Waals surface area contributed by atoms with Crippen LogP contribution in [0.25, 0.3) is 0 Å². The molecule has 8 heteroatoms. The van der Waals surface area contributed by atoms with Crippen LogP contribution in [-0.2, 0) is 0 Å². The minimum absolute atomic E-state index is 0. The number of hydrogen-bond donors (Lipinski definition) is 3. The predicted octanol–water partition coefficient (Wildman–Crippen LogP) is -4.06. The number of thioether (sulfide) groups is 2. The molecule has 96 valence electrons. The maximum atomic E-state index is 8.67. The first-order valence-corrected chi connectivity index (χ1v) is 7.58. The van der Waals surface area contributed by atoms with Crippen LogP contribution in [0.3, 0.4) is 0 Å². The van der Waals surface area contributed by atoms with Crippen LogP contribution in [0.15, 0.2) is 0 Å². The van der Waals surface area contributed by atoms with Gasteiger partial charge in [-0.1, -0.05) is 0 Å². The Labute approximate surface area is 134 Å². The van der Waals surface area contributed by atoms with Crippen LogP contribution in [0, 0.1) is 0 Å². The molecule has 0 radical (unpaired) electrons. The van der Waals surface area contributed by atoms with Crippen molar-refractivity contribution < 1.29 is 39.5 Å². The topological polar surface area (TPSA) is 90.2 Å². The van der Waals surface area contributed by atoms with Crippen molar-refractivity contribution in [3.63, 3.8) is 0 Å². The molecule has 5 nitrogen and oxygen atoms in total. The molecular weight excluding hydrogens is 269 g/mol. The summed E-state index contributed by atoms with van der Waals surface area (Å²) in [6.07, 6.45) is -1.58.